The summed E-state index contributed by atoms with van der Waals surface area (Å²) < 4.78 is 5.48. The molecule has 0 aromatic carbocycles. The van der Waals surface area contributed by atoms with Crippen molar-refractivity contribution in [3.63, 3.8) is 0 Å². The second-order valence-electron chi connectivity index (χ2n) is 24.6. The van der Waals surface area contributed by atoms with Crippen molar-refractivity contribution in [2.24, 2.45) is 0 Å². The molecule has 0 saturated carbocycles. The first-order valence-corrected chi connectivity index (χ1v) is 35.4. The van der Waals surface area contributed by atoms with Gasteiger partial charge in [-0.3, -0.25) is 9.59 Å². The molecule has 0 radical (unpaired) electrons. The highest BCUT2D eigenvalue weighted by atomic mass is 16.5. The van der Waals surface area contributed by atoms with Gasteiger partial charge in [0, 0.05) is 12.8 Å². The number of allylic oxidation sites excluding steroid dienone is 2. The Morgan fingerprint density at radius 1 is 0.351 bits per heavy atom. The van der Waals surface area contributed by atoms with Crippen LogP contribution in [0.15, 0.2) is 12.2 Å². The second-order valence-corrected chi connectivity index (χ2v) is 24.6. The van der Waals surface area contributed by atoms with E-state index in [1.165, 1.54) is 334 Å². The molecule has 0 rings (SSSR count). The van der Waals surface area contributed by atoms with Crippen molar-refractivity contribution in [1.29, 1.82) is 0 Å². The SMILES string of the molecule is CCCCCCCCCCCCCCCCCCC(O)C(CO)NC(=O)CCCCCCCCCCCCCCCCCC/C=C\CCCCCCCCCCCCCCOC(=O)CCCCCCCCCCCCCC. The normalized spacial score (nSPS) is 12.5. The van der Waals surface area contributed by atoms with Gasteiger partial charge in [-0.05, 0) is 51.4 Å². The average Bonchev–Trinajstić information content (AvgIpc) is 3.43. The van der Waals surface area contributed by atoms with Crippen molar-refractivity contribution >= 4 is 11.9 Å². The van der Waals surface area contributed by atoms with Crippen LogP contribution in [0.25, 0.3) is 0 Å². The molecule has 6 nitrogen and oxygen atoms in total. The van der Waals surface area contributed by atoms with E-state index in [2.05, 4.69) is 31.3 Å². The summed E-state index contributed by atoms with van der Waals surface area (Å²) in [5.41, 5.74) is 0. The van der Waals surface area contributed by atoms with Gasteiger partial charge in [-0.1, -0.05) is 353 Å². The summed E-state index contributed by atoms with van der Waals surface area (Å²) in [6.45, 7) is 4.99. The largest absolute Gasteiger partial charge is 0.466 e. The monoisotopic (exact) mass is 1090 g/mol. The lowest BCUT2D eigenvalue weighted by Crippen LogP contribution is -2.45. The Labute approximate surface area is 482 Å². The van der Waals surface area contributed by atoms with Crippen molar-refractivity contribution in [2.45, 2.75) is 418 Å². The van der Waals surface area contributed by atoms with Crippen molar-refractivity contribution < 1.29 is 24.5 Å². The molecule has 0 fully saturated rings. The molecule has 2 unspecified atom stereocenters. The van der Waals surface area contributed by atoms with Gasteiger partial charge < -0.3 is 20.3 Å². The second kappa shape index (κ2) is 67.1. The van der Waals surface area contributed by atoms with Gasteiger partial charge in [-0.2, -0.15) is 0 Å². The molecule has 1 amide bonds. The van der Waals surface area contributed by atoms with Crippen LogP contribution in [0.2, 0.25) is 0 Å². The minimum atomic E-state index is -0.662. The van der Waals surface area contributed by atoms with Crippen molar-refractivity contribution in [1.82, 2.24) is 5.32 Å². The Bertz CT molecular complexity index is 1160. The van der Waals surface area contributed by atoms with E-state index in [1.54, 1.807) is 0 Å². The van der Waals surface area contributed by atoms with Gasteiger partial charge in [0.25, 0.3) is 0 Å². The number of esters is 1. The molecule has 458 valence electrons. The van der Waals surface area contributed by atoms with E-state index in [1.807, 2.05) is 0 Å². The quantitative estimate of drug-likeness (QED) is 0.0320. The van der Waals surface area contributed by atoms with E-state index >= 15 is 0 Å². The number of aliphatic hydroxyl groups is 2. The van der Waals surface area contributed by atoms with E-state index in [-0.39, 0.29) is 18.5 Å². The van der Waals surface area contributed by atoms with Crippen molar-refractivity contribution in [3.05, 3.63) is 12.2 Å². The van der Waals surface area contributed by atoms with Crippen LogP contribution in [0.1, 0.15) is 406 Å². The Hall–Kier alpha value is -1.40. The van der Waals surface area contributed by atoms with Gasteiger partial charge in [-0.25, -0.2) is 0 Å². The molecule has 0 saturated heterocycles. The van der Waals surface area contributed by atoms with Crippen LogP contribution in [-0.2, 0) is 14.3 Å². The predicted octanol–water partition coefficient (Wildman–Crippen LogP) is 22.8. The molecule has 0 bridgehead atoms. The number of rotatable bonds is 67. The molecule has 3 N–H and O–H groups in total. The number of amides is 1. The maximum Gasteiger partial charge on any atom is 0.305 e. The Balaban J connectivity index is 3.34. The molecule has 0 aliphatic heterocycles. The topological polar surface area (TPSA) is 95.9 Å². The molecular weight excluding hydrogens is 947 g/mol. The first-order chi connectivity index (χ1) is 38.0. The van der Waals surface area contributed by atoms with Gasteiger partial charge in [0.1, 0.15) is 0 Å². The number of unbranched alkanes of at least 4 members (excludes halogenated alkanes) is 54. The lowest BCUT2D eigenvalue weighted by Gasteiger charge is -2.22. The van der Waals surface area contributed by atoms with Crippen LogP contribution in [-0.4, -0.2) is 47.4 Å². The van der Waals surface area contributed by atoms with E-state index in [0.717, 1.165) is 38.5 Å². The van der Waals surface area contributed by atoms with Gasteiger partial charge in [0.15, 0.2) is 0 Å². The van der Waals surface area contributed by atoms with Crippen molar-refractivity contribution in [2.75, 3.05) is 13.2 Å². The Morgan fingerprint density at radius 3 is 0.922 bits per heavy atom. The van der Waals surface area contributed by atoms with E-state index in [9.17, 15) is 19.8 Å². The molecular formula is C71H139NO5. The van der Waals surface area contributed by atoms with Crippen LogP contribution in [0.5, 0.6) is 0 Å². The van der Waals surface area contributed by atoms with Crippen LogP contribution < -0.4 is 5.32 Å². The summed E-state index contributed by atoms with van der Waals surface area (Å²) in [6.07, 6.45) is 82.7. The molecule has 0 aliphatic carbocycles. The van der Waals surface area contributed by atoms with Crippen LogP contribution in [0, 0.1) is 0 Å². The maximum absolute atomic E-state index is 12.5. The fourth-order valence-electron chi connectivity index (χ4n) is 11.4. The molecule has 77 heavy (non-hydrogen) atoms. The maximum atomic E-state index is 12.5. The third kappa shape index (κ3) is 63.6. The van der Waals surface area contributed by atoms with Crippen molar-refractivity contribution in [3.8, 4) is 0 Å². The summed E-state index contributed by atoms with van der Waals surface area (Å²) in [6, 6.07) is -0.539. The number of aliphatic hydroxyl groups excluding tert-OH is 2. The zero-order valence-electron chi connectivity index (χ0n) is 52.5. The summed E-state index contributed by atoms with van der Waals surface area (Å²) in [5.74, 6) is -0.00889. The highest BCUT2D eigenvalue weighted by Gasteiger charge is 2.20. The van der Waals surface area contributed by atoms with E-state index < -0.39 is 12.1 Å². The first-order valence-electron chi connectivity index (χ1n) is 35.4. The molecule has 0 aromatic rings. The van der Waals surface area contributed by atoms with Gasteiger partial charge in [0.05, 0.1) is 25.4 Å². The minimum Gasteiger partial charge on any atom is -0.466 e. The minimum absolute atomic E-state index is 0.0197. The third-order valence-corrected chi connectivity index (χ3v) is 16.8. The van der Waals surface area contributed by atoms with Gasteiger partial charge >= 0.3 is 5.97 Å². The highest BCUT2D eigenvalue weighted by molar-refractivity contribution is 5.76. The summed E-state index contributed by atoms with van der Waals surface area (Å²) in [4.78, 5) is 24.5. The molecule has 0 aromatic heterocycles. The number of hydrogen-bond donors (Lipinski definition) is 3. The highest BCUT2D eigenvalue weighted by Crippen LogP contribution is 2.19. The van der Waals surface area contributed by atoms with Gasteiger partial charge in [-0.15, -0.1) is 0 Å². The zero-order valence-corrected chi connectivity index (χ0v) is 52.5. The van der Waals surface area contributed by atoms with Crippen LogP contribution in [0.3, 0.4) is 0 Å². The fraction of sp³-hybridized carbons (Fsp3) is 0.944. The van der Waals surface area contributed by atoms with Crippen LogP contribution >= 0.6 is 0 Å². The Morgan fingerprint density at radius 2 is 0.610 bits per heavy atom. The molecule has 0 heterocycles. The number of nitrogens with one attached hydrogen (secondary N) is 1. The first kappa shape index (κ1) is 75.6. The number of carbonyl (C=O) groups is 2. The van der Waals surface area contributed by atoms with Crippen LogP contribution in [0.4, 0.5) is 0 Å². The molecule has 0 spiro atoms. The molecule has 0 aliphatic rings. The van der Waals surface area contributed by atoms with Gasteiger partial charge in [0.2, 0.25) is 5.91 Å². The zero-order chi connectivity index (χ0) is 55.7. The van der Waals surface area contributed by atoms with E-state index in [4.69, 9.17) is 4.74 Å². The smallest absolute Gasteiger partial charge is 0.305 e. The summed E-state index contributed by atoms with van der Waals surface area (Å²) in [5, 5.41) is 23.4. The molecule has 6 heteroatoms. The summed E-state index contributed by atoms with van der Waals surface area (Å²) in [7, 11) is 0. The standard InChI is InChI=1S/C71H139NO5/c1-3-5-7-9-11-13-15-17-18-37-40-43-47-51-55-59-63-69(74)68(67-73)72-70(75)64-60-56-52-48-44-41-38-35-33-31-29-27-25-23-21-19-20-22-24-26-28-30-32-34-36-39-42-46-50-54-58-62-66-77-71(76)65-61-57-53-49-45-16-14-12-10-8-6-4-2/h22,24,68-69,73-74H,3-21,23,25-67H2,1-2H3,(H,72,75)/b24-22-. The molecule has 2 atom stereocenters. The lowest BCUT2D eigenvalue weighted by atomic mass is 10.0. The number of carbonyl (C=O) groups excluding carboxylic acids is 2. The average molecular weight is 1090 g/mol. The Kier molecular flexibility index (Phi) is 65.9. The summed E-state index contributed by atoms with van der Waals surface area (Å²) >= 11 is 0. The van der Waals surface area contributed by atoms with E-state index in [0.29, 0.717) is 25.9 Å². The fourth-order valence-corrected chi connectivity index (χ4v) is 11.4. The third-order valence-electron chi connectivity index (χ3n) is 16.8. The number of ether oxygens (including phenoxy) is 1. The lowest BCUT2D eigenvalue weighted by molar-refractivity contribution is -0.143. The number of hydrogen-bond acceptors (Lipinski definition) is 5. The predicted molar refractivity (Wildman–Crippen MR) is 338 cm³/mol.